The molecule has 2 aromatic rings. The van der Waals surface area contributed by atoms with E-state index in [0.29, 0.717) is 0 Å². The first-order chi connectivity index (χ1) is 16.5. The quantitative estimate of drug-likeness (QED) is 0.344. The molecule has 0 aromatic heterocycles. The number of terminal acetylenes is 1. The molecule has 1 N–H and O–H groups in total. The maximum absolute atomic E-state index is 13.5. The summed E-state index contributed by atoms with van der Waals surface area (Å²) >= 11 is 0. The number of esters is 3. The lowest BCUT2D eigenvalue weighted by Gasteiger charge is -2.39. The molecule has 178 valence electrons. The Morgan fingerprint density at radius 3 is 2.11 bits per heavy atom. The van der Waals surface area contributed by atoms with Crippen molar-refractivity contribution in [2.75, 3.05) is 0 Å². The van der Waals surface area contributed by atoms with Crippen LogP contribution in [0.15, 0.2) is 24.3 Å². The van der Waals surface area contributed by atoms with E-state index in [2.05, 4.69) is 5.92 Å². The van der Waals surface area contributed by atoms with Crippen molar-refractivity contribution in [1.29, 1.82) is 0 Å². The molecule has 4 rings (SSSR count). The minimum Gasteiger partial charge on any atom is -0.507 e. The Kier molecular flexibility index (Phi) is 5.69. The van der Waals surface area contributed by atoms with E-state index in [-0.39, 0.29) is 52.0 Å². The Hall–Kier alpha value is -4.45. The average molecular weight is 476 g/mol. The predicted octanol–water partition coefficient (Wildman–Crippen LogP) is 2.58. The van der Waals surface area contributed by atoms with Crippen molar-refractivity contribution < 1.29 is 43.3 Å². The van der Waals surface area contributed by atoms with E-state index in [0.717, 1.165) is 20.8 Å². The fourth-order valence-corrected chi connectivity index (χ4v) is 4.70. The van der Waals surface area contributed by atoms with Crippen LogP contribution in [0.3, 0.4) is 0 Å². The molecule has 0 spiro atoms. The number of hydrogen-bond donors (Lipinski definition) is 1. The van der Waals surface area contributed by atoms with Gasteiger partial charge in [-0.15, -0.1) is 6.42 Å². The van der Waals surface area contributed by atoms with Gasteiger partial charge >= 0.3 is 17.9 Å². The second-order valence-electron chi connectivity index (χ2n) is 8.33. The SMILES string of the molecule is C#C[C@@]1(OC(C)=O)Cc2c(OC(C)=O)c3c(c(O)c2[C@H](OC(C)=O)C1)C(=O)c1ccccc1C3=O. The van der Waals surface area contributed by atoms with Crippen LogP contribution in [0.1, 0.15) is 76.3 Å². The van der Waals surface area contributed by atoms with Crippen LogP contribution in [0.2, 0.25) is 0 Å². The molecule has 9 heteroatoms. The molecular weight excluding hydrogens is 456 g/mol. The monoisotopic (exact) mass is 476 g/mol. The lowest BCUT2D eigenvalue weighted by atomic mass is 9.73. The number of phenolic OH excluding ortho intramolecular Hbond substituents is 1. The zero-order chi connectivity index (χ0) is 25.7. The summed E-state index contributed by atoms with van der Waals surface area (Å²) < 4.78 is 16.2. The largest absolute Gasteiger partial charge is 0.507 e. The number of carbonyl (C=O) groups excluding carboxylic acids is 5. The summed E-state index contributed by atoms with van der Waals surface area (Å²) in [4.78, 5) is 62.7. The molecule has 0 heterocycles. The Morgan fingerprint density at radius 1 is 1.00 bits per heavy atom. The van der Waals surface area contributed by atoms with Crippen molar-refractivity contribution in [2.24, 2.45) is 0 Å². The highest BCUT2D eigenvalue weighted by Crippen LogP contribution is 2.52. The molecule has 0 amide bonds. The molecule has 0 bridgehead atoms. The van der Waals surface area contributed by atoms with Crippen LogP contribution in [0.4, 0.5) is 0 Å². The molecule has 0 fully saturated rings. The van der Waals surface area contributed by atoms with Crippen molar-refractivity contribution in [1.82, 2.24) is 0 Å². The van der Waals surface area contributed by atoms with E-state index >= 15 is 0 Å². The van der Waals surface area contributed by atoms with Gasteiger partial charge in [0.1, 0.15) is 17.6 Å². The Morgan fingerprint density at radius 2 is 1.60 bits per heavy atom. The van der Waals surface area contributed by atoms with Crippen LogP contribution in [0, 0.1) is 12.3 Å². The molecule has 0 radical (unpaired) electrons. The molecule has 2 aromatic carbocycles. The zero-order valence-electron chi connectivity index (χ0n) is 19.1. The summed E-state index contributed by atoms with van der Waals surface area (Å²) in [5.41, 5.74) is -2.24. The van der Waals surface area contributed by atoms with E-state index in [1.807, 2.05) is 0 Å². The summed E-state index contributed by atoms with van der Waals surface area (Å²) in [6.07, 6.45) is 3.93. The van der Waals surface area contributed by atoms with E-state index in [1.165, 1.54) is 12.1 Å². The van der Waals surface area contributed by atoms with Crippen molar-refractivity contribution in [3.63, 3.8) is 0 Å². The molecule has 2 aliphatic rings. The van der Waals surface area contributed by atoms with E-state index in [9.17, 15) is 29.1 Å². The summed E-state index contributed by atoms with van der Waals surface area (Å²) in [5, 5.41) is 11.3. The lowest BCUT2D eigenvalue weighted by Crippen LogP contribution is -2.42. The Labute approximate surface area is 200 Å². The van der Waals surface area contributed by atoms with Crippen LogP contribution in [-0.4, -0.2) is 40.2 Å². The number of carbonyl (C=O) groups is 5. The molecule has 0 saturated heterocycles. The van der Waals surface area contributed by atoms with Crippen molar-refractivity contribution in [2.45, 2.75) is 45.3 Å². The summed E-state index contributed by atoms with van der Waals surface area (Å²) in [6, 6.07) is 6.02. The minimum atomic E-state index is -1.64. The number of benzene rings is 2. The van der Waals surface area contributed by atoms with Gasteiger partial charge in [-0.2, -0.15) is 0 Å². The number of ketones is 2. The fraction of sp³-hybridized carbons (Fsp3) is 0.269. The van der Waals surface area contributed by atoms with Gasteiger partial charge in [-0.3, -0.25) is 24.0 Å². The van der Waals surface area contributed by atoms with Gasteiger partial charge in [0.15, 0.2) is 17.2 Å². The first-order valence-electron chi connectivity index (χ1n) is 10.6. The Bertz CT molecular complexity index is 1380. The Balaban J connectivity index is 2.10. The molecule has 2 aliphatic carbocycles. The van der Waals surface area contributed by atoms with Crippen LogP contribution in [-0.2, 0) is 30.3 Å². The third-order valence-electron chi connectivity index (χ3n) is 5.89. The van der Waals surface area contributed by atoms with Gasteiger partial charge < -0.3 is 19.3 Å². The number of hydrogen-bond acceptors (Lipinski definition) is 9. The van der Waals surface area contributed by atoms with E-state index < -0.39 is 46.9 Å². The molecule has 0 aliphatic heterocycles. The van der Waals surface area contributed by atoms with E-state index in [1.54, 1.807) is 12.1 Å². The second-order valence-corrected chi connectivity index (χ2v) is 8.33. The van der Waals surface area contributed by atoms with Crippen LogP contribution in [0.25, 0.3) is 0 Å². The molecule has 2 atom stereocenters. The highest BCUT2D eigenvalue weighted by atomic mass is 16.6. The van der Waals surface area contributed by atoms with Gasteiger partial charge in [-0.25, -0.2) is 0 Å². The average Bonchev–Trinajstić information content (AvgIpc) is 2.77. The van der Waals surface area contributed by atoms with Crippen molar-refractivity contribution in [3.8, 4) is 23.8 Å². The summed E-state index contributed by atoms with van der Waals surface area (Å²) in [7, 11) is 0. The predicted molar refractivity (Wildman–Crippen MR) is 119 cm³/mol. The number of rotatable bonds is 3. The van der Waals surface area contributed by atoms with Gasteiger partial charge in [0.2, 0.25) is 0 Å². The number of fused-ring (bicyclic) bond motifs is 3. The van der Waals surface area contributed by atoms with Gasteiger partial charge in [-0.05, 0) is 0 Å². The molecule has 9 nitrogen and oxygen atoms in total. The molecular formula is C26H20O9. The van der Waals surface area contributed by atoms with Crippen molar-refractivity contribution >= 4 is 29.5 Å². The lowest BCUT2D eigenvalue weighted by molar-refractivity contribution is -0.160. The number of ether oxygens (including phenoxy) is 3. The third kappa shape index (κ3) is 3.83. The normalized spacial score (nSPS) is 20.0. The fourth-order valence-electron chi connectivity index (χ4n) is 4.70. The van der Waals surface area contributed by atoms with Gasteiger partial charge in [0.05, 0.1) is 11.1 Å². The first kappa shape index (κ1) is 23.7. The molecule has 0 saturated carbocycles. The smallest absolute Gasteiger partial charge is 0.308 e. The van der Waals surface area contributed by atoms with Gasteiger partial charge in [0, 0.05) is 55.9 Å². The minimum absolute atomic E-state index is 0.0219. The molecule has 35 heavy (non-hydrogen) atoms. The highest BCUT2D eigenvalue weighted by Gasteiger charge is 2.49. The number of aromatic hydroxyl groups is 1. The van der Waals surface area contributed by atoms with Crippen LogP contribution in [0.5, 0.6) is 11.5 Å². The van der Waals surface area contributed by atoms with Crippen molar-refractivity contribution in [3.05, 3.63) is 57.6 Å². The van der Waals surface area contributed by atoms with Crippen LogP contribution >= 0.6 is 0 Å². The summed E-state index contributed by atoms with van der Waals surface area (Å²) in [5.74, 6) is -2.10. The summed E-state index contributed by atoms with van der Waals surface area (Å²) in [6.45, 7) is 3.37. The third-order valence-corrected chi connectivity index (χ3v) is 5.89. The zero-order valence-corrected chi connectivity index (χ0v) is 19.1. The van der Waals surface area contributed by atoms with Gasteiger partial charge in [-0.1, -0.05) is 30.2 Å². The van der Waals surface area contributed by atoms with Crippen LogP contribution < -0.4 is 4.74 Å². The standard InChI is InChI=1S/C26H20O9/c1-5-26(35-14(4)29)10-17-19(18(11-26)33-12(2)27)24(32)20-21(25(17)34-13(3)28)23(31)16-9-7-6-8-15(16)22(20)30/h1,6-9,18,32H,10-11H2,2-4H3/t18-,26-/m1/s1. The molecule has 0 unspecified atom stereocenters. The highest BCUT2D eigenvalue weighted by molar-refractivity contribution is 6.30. The van der Waals surface area contributed by atoms with E-state index in [4.69, 9.17) is 20.6 Å². The second kappa shape index (κ2) is 8.40. The maximum atomic E-state index is 13.5. The number of phenols is 1. The van der Waals surface area contributed by atoms with Gasteiger partial charge in [0.25, 0.3) is 0 Å². The topological polar surface area (TPSA) is 133 Å². The maximum Gasteiger partial charge on any atom is 0.308 e. The first-order valence-corrected chi connectivity index (χ1v) is 10.6.